The fourth-order valence-corrected chi connectivity index (χ4v) is 3.15. The van der Waals surface area contributed by atoms with E-state index in [9.17, 15) is 4.79 Å². The first-order chi connectivity index (χ1) is 14.1. The average molecular weight is 397 g/mol. The van der Waals surface area contributed by atoms with Gasteiger partial charge in [-0.25, -0.2) is 4.98 Å². The quantitative estimate of drug-likeness (QED) is 0.676. The average Bonchev–Trinajstić information content (AvgIpc) is 3.21. The Labute approximate surface area is 167 Å². The van der Waals surface area contributed by atoms with E-state index >= 15 is 0 Å². The van der Waals surface area contributed by atoms with Gasteiger partial charge in [0.25, 0.3) is 5.91 Å². The lowest BCUT2D eigenvalue weighted by Crippen LogP contribution is -2.41. The van der Waals surface area contributed by atoms with Crippen LogP contribution >= 0.6 is 0 Å². The topological polar surface area (TPSA) is 112 Å². The van der Waals surface area contributed by atoms with Gasteiger partial charge in [-0.1, -0.05) is 18.1 Å². The monoisotopic (exact) mass is 397 g/mol. The highest BCUT2D eigenvalue weighted by Gasteiger charge is 2.28. The van der Waals surface area contributed by atoms with E-state index in [0.717, 1.165) is 23.9 Å². The van der Waals surface area contributed by atoms with Gasteiger partial charge in [0, 0.05) is 0 Å². The normalized spacial score (nSPS) is 19.2. The van der Waals surface area contributed by atoms with Gasteiger partial charge < -0.3 is 19.2 Å². The lowest BCUT2D eigenvalue weighted by Gasteiger charge is -2.27. The van der Waals surface area contributed by atoms with E-state index in [0.29, 0.717) is 31.0 Å². The van der Waals surface area contributed by atoms with Gasteiger partial charge in [0.15, 0.2) is 0 Å². The highest BCUT2D eigenvalue weighted by Crippen LogP contribution is 2.28. The van der Waals surface area contributed by atoms with Crippen LogP contribution in [0.1, 0.15) is 54.2 Å². The van der Waals surface area contributed by atoms with E-state index in [1.54, 1.807) is 0 Å². The second-order valence-corrected chi connectivity index (χ2v) is 7.07. The number of hydrogen-bond acceptors (Lipinski definition) is 8. The molecule has 1 fully saturated rings. The van der Waals surface area contributed by atoms with Crippen LogP contribution in [-0.4, -0.2) is 45.3 Å². The zero-order chi connectivity index (χ0) is 20.2. The molecule has 0 spiro atoms. The van der Waals surface area contributed by atoms with Crippen molar-refractivity contribution < 1.29 is 18.7 Å². The molecule has 1 aromatic carbocycles. The van der Waals surface area contributed by atoms with E-state index in [1.165, 1.54) is 6.20 Å². The third kappa shape index (κ3) is 4.51. The Morgan fingerprint density at radius 1 is 1.28 bits per heavy atom. The number of hydrogen-bond donors (Lipinski definition) is 1. The molecule has 9 heteroatoms. The van der Waals surface area contributed by atoms with Crippen molar-refractivity contribution in [2.45, 2.75) is 45.3 Å². The van der Waals surface area contributed by atoms with Gasteiger partial charge in [-0.2, -0.15) is 0 Å². The number of ether oxygens (including phenoxy) is 2. The van der Waals surface area contributed by atoms with E-state index < -0.39 is 0 Å². The molecule has 0 radical (unpaired) electrons. The van der Waals surface area contributed by atoms with Crippen LogP contribution in [0.2, 0.25) is 0 Å². The van der Waals surface area contributed by atoms with Gasteiger partial charge in [-0.15, -0.1) is 5.10 Å². The number of carbonyl (C=O) groups is 1. The maximum Gasteiger partial charge on any atom is 0.414 e. The molecule has 2 aromatic heterocycles. The number of nitrogens with zero attached hydrogens (tertiary/aromatic N) is 4. The third-order valence-corrected chi connectivity index (χ3v) is 4.67. The summed E-state index contributed by atoms with van der Waals surface area (Å²) in [5, 5.41) is 10.8. The summed E-state index contributed by atoms with van der Waals surface area (Å²) in [6, 6.07) is 5.64. The molecular formula is C20H23N5O4. The minimum absolute atomic E-state index is 0.118. The maximum atomic E-state index is 12.6. The SMILES string of the molecule is CCCOc1nnc([C@@H]2CC[C@@H](NC(=O)c3cnc4cc(C)ccc4n3)CO2)o1. The molecule has 9 nitrogen and oxygen atoms in total. The first-order valence-electron chi connectivity index (χ1n) is 9.74. The van der Waals surface area contributed by atoms with Crippen molar-refractivity contribution in [3.63, 3.8) is 0 Å². The molecule has 0 unspecified atom stereocenters. The second kappa shape index (κ2) is 8.52. The lowest BCUT2D eigenvalue weighted by molar-refractivity contribution is -0.0190. The predicted octanol–water partition coefficient (Wildman–Crippen LogP) is 2.76. The molecule has 1 aliphatic rings. The van der Waals surface area contributed by atoms with Crippen molar-refractivity contribution >= 4 is 16.9 Å². The van der Waals surface area contributed by atoms with Gasteiger partial charge in [0.1, 0.15) is 11.8 Å². The first kappa shape index (κ1) is 19.3. The Balaban J connectivity index is 1.33. The van der Waals surface area contributed by atoms with Crippen LogP contribution in [0.15, 0.2) is 28.8 Å². The van der Waals surface area contributed by atoms with Crippen LogP contribution < -0.4 is 10.1 Å². The Kier molecular flexibility index (Phi) is 5.66. The van der Waals surface area contributed by atoms with E-state index in [2.05, 4.69) is 25.5 Å². The van der Waals surface area contributed by atoms with E-state index in [1.807, 2.05) is 32.0 Å². The van der Waals surface area contributed by atoms with Crippen molar-refractivity contribution in [3.05, 3.63) is 41.5 Å². The van der Waals surface area contributed by atoms with Crippen molar-refractivity contribution in [3.8, 4) is 6.08 Å². The number of aryl methyl sites for hydroxylation is 1. The number of aromatic nitrogens is 4. The fraction of sp³-hybridized carbons (Fsp3) is 0.450. The van der Waals surface area contributed by atoms with Crippen molar-refractivity contribution in [2.75, 3.05) is 13.2 Å². The molecule has 1 aliphatic heterocycles. The molecule has 0 bridgehead atoms. The zero-order valence-corrected chi connectivity index (χ0v) is 16.4. The van der Waals surface area contributed by atoms with Crippen LogP contribution in [0.25, 0.3) is 11.0 Å². The zero-order valence-electron chi connectivity index (χ0n) is 16.4. The number of nitrogens with one attached hydrogen (secondary N) is 1. The number of amides is 1. The Hall–Kier alpha value is -3.07. The third-order valence-electron chi connectivity index (χ3n) is 4.67. The van der Waals surface area contributed by atoms with Crippen LogP contribution in [0.4, 0.5) is 0 Å². The summed E-state index contributed by atoms with van der Waals surface area (Å²) in [6.45, 7) is 4.87. The second-order valence-electron chi connectivity index (χ2n) is 7.07. The molecule has 29 heavy (non-hydrogen) atoms. The number of rotatable bonds is 6. The summed E-state index contributed by atoms with van der Waals surface area (Å²) in [6.07, 6.45) is 3.61. The van der Waals surface area contributed by atoms with Crippen molar-refractivity contribution in [2.24, 2.45) is 0 Å². The number of fused-ring (bicyclic) bond motifs is 1. The van der Waals surface area contributed by atoms with E-state index in [4.69, 9.17) is 13.9 Å². The molecule has 1 N–H and O–H groups in total. The van der Waals surface area contributed by atoms with Gasteiger partial charge >= 0.3 is 6.08 Å². The van der Waals surface area contributed by atoms with Crippen molar-refractivity contribution in [1.29, 1.82) is 0 Å². The molecule has 3 heterocycles. The molecule has 0 aliphatic carbocycles. The summed E-state index contributed by atoms with van der Waals surface area (Å²) in [7, 11) is 0. The maximum absolute atomic E-state index is 12.6. The fourth-order valence-electron chi connectivity index (χ4n) is 3.15. The molecule has 1 amide bonds. The van der Waals surface area contributed by atoms with Crippen LogP contribution in [0.3, 0.4) is 0 Å². The van der Waals surface area contributed by atoms with Gasteiger partial charge in [-0.3, -0.25) is 9.78 Å². The molecule has 0 saturated carbocycles. The number of carbonyl (C=O) groups excluding carboxylic acids is 1. The lowest BCUT2D eigenvalue weighted by atomic mass is 10.0. The van der Waals surface area contributed by atoms with Crippen LogP contribution in [0.5, 0.6) is 6.08 Å². The minimum atomic E-state index is -0.293. The minimum Gasteiger partial charge on any atom is -0.449 e. The van der Waals surface area contributed by atoms with Crippen LogP contribution in [-0.2, 0) is 4.74 Å². The summed E-state index contributed by atoms with van der Waals surface area (Å²) in [4.78, 5) is 21.3. The van der Waals surface area contributed by atoms with Gasteiger partial charge in [0.2, 0.25) is 5.89 Å². The van der Waals surface area contributed by atoms with E-state index in [-0.39, 0.29) is 29.8 Å². The summed E-state index contributed by atoms with van der Waals surface area (Å²) in [5.41, 5.74) is 2.86. The summed E-state index contributed by atoms with van der Waals surface area (Å²) >= 11 is 0. The highest BCUT2D eigenvalue weighted by atomic mass is 16.6. The molecule has 2 atom stereocenters. The smallest absolute Gasteiger partial charge is 0.414 e. The number of benzene rings is 1. The predicted molar refractivity (Wildman–Crippen MR) is 104 cm³/mol. The molecule has 3 aromatic rings. The molecular weight excluding hydrogens is 374 g/mol. The van der Waals surface area contributed by atoms with Gasteiger partial charge in [-0.05, 0) is 43.9 Å². The van der Waals surface area contributed by atoms with Crippen LogP contribution in [0, 0.1) is 6.92 Å². The molecule has 152 valence electrons. The Morgan fingerprint density at radius 3 is 2.97 bits per heavy atom. The summed E-state index contributed by atoms with van der Waals surface area (Å²) < 4.78 is 16.6. The Morgan fingerprint density at radius 2 is 2.17 bits per heavy atom. The Bertz CT molecular complexity index is 997. The summed E-state index contributed by atoms with van der Waals surface area (Å²) in [5.74, 6) is 0.136. The standard InChI is InChI=1S/C20H23N5O4/c1-3-8-27-20-25-24-19(29-20)17-7-5-13(11-28-17)22-18(26)16-10-21-15-9-12(2)4-6-14(15)23-16/h4,6,9-10,13,17H,3,5,7-8,11H2,1-2H3,(H,22,26)/t13-,17+/m1/s1. The highest BCUT2D eigenvalue weighted by molar-refractivity contribution is 5.94. The first-order valence-corrected chi connectivity index (χ1v) is 9.74. The van der Waals surface area contributed by atoms with Crippen molar-refractivity contribution in [1.82, 2.24) is 25.5 Å². The largest absolute Gasteiger partial charge is 0.449 e. The molecule has 1 saturated heterocycles. The van der Waals surface area contributed by atoms with Gasteiger partial charge in [0.05, 0.1) is 36.5 Å². The molecule has 4 rings (SSSR count).